The van der Waals surface area contributed by atoms with Crippen molar-refractivity contribution in [3.05, 3.63) is 72.3 Å². The summed E-state index contributed by atoms with van der Waals surface area (Å²) >= 11 is 0. The first kappa shape index (κ1) is 30.7. The number of anilines is 1. The fourth-order valence-electron chi connectivity index (χ4n) is 3.59. The molecule has 0 aliphatic heterocycles. The lowest BCUT2D eigenvalue weighted by Gasteiger charge is -2.26. The first-order valence-electron chi connectivity index (χ1n) is 12.1. The summed E-state index contributed by atoms with van der Waals surface area (Å²) in [5.41, 5.74) is 1.03. The Labute approximate surface area is 235 Å². The third-order valence-electron chi connectivity index (χ3n) is 5.85. The average molecular weight is 592 g/mol. The fraction of sp³-hybridized carbons (Fsp3) is 0.296. The smallest absolute Gasteiger partial charge is 0.264 e. The van der Waals surface area contributed by atoms with Gasteiger partial charge in [-0.1, -0.05) is 17.7 Å². The normalized spacial score (nSPS) is 11.7. The van der Waals surface area contributed by atoms with Gasteiger partial charge in [0.2, 0.25) is 15.9 Å². The number of hydrogen-bond donors (Lipinski definition) is 1. The van der Waals surface area contributed by atoms with Crippen molar-refractivity contribution in [2.75, 3.05) is 52.3 Å². The molecule has 0 spiro atoms. The van der Waals surface area contributed by atoms with Crippen LogP contribution in [0.2, 0.25) is 0 Å². The summed E-state index contributed by atoms with van der Waals surface area (Å²) in [7, 11) is -1.98. The maximum Gasteiger partial charge on any atom is 0.264 e. The highest BCUT2D eigenvalue weighted by molar-refractivity contribution is 7.93. The van der Waals surface area contributed by atoms with E-state index >= 15 is 0 Å². The summed E-state index contributed by atoms with van der Waals surface area (Å²) in [4.78, 5) is 13.1. The molecule has 1 amide bonds. The van der Waals surface area contributed by atoms with Gasteiger partial charge in [0.05, 0.1) is 36.2 Å². The first-order chi connectivity index (χ1) is 18.9. The van der Waals surface area contributed by atoms with E-state index < -0.39 is 32.5 Å². The monoisotopic (exact) mass is 591 g/mol. The summed E-state index contributed by atoms with van der Waals surface area (Å²) in [6.45, 7) is 1.45. The molecule has 13 heteroatoms. The topological polar surface area (TPSA) is 132 Å². The Kier molecular flexibility index (Phi) is 10.0. The summed E-state index contributed by atoms with van der Waals surface area (Å²) in [6, 6.07) is 16.9. The van der Waals surface area contributed by atoms with E-state index in [2.05, 4.69) is 5.32 Å². The SMILES string of the molecule is COc1ccc(OC)c(N(CC(=O)NCCOc2ccc(S(=O)(=O)N(C)C)cc2)S(=O)(=O)c2ccc(C)cc2)c1. The quantitative estimate of drug-likeness (QED) is 0.300. The van der Waals surface area contributed by atoms with Gasteiger partial charge in [0.25, 0.3) is 10.0 Å². The second kappa shape index (κ2) is 13.0. The second-order valence-electron chi connectivity index (χ2n) is 8.82. The Bertz CT molecular complexity index is 1520. The molecule has 0 aliphatic carbocycles. The largest absolute Gasteiger partial charge is 0.497 e. The molecule has 0 heterocycles. The van der Waals surface area contributed by atoms with E-state index in [9.17, 15) is 21.6 Å². The van der Waals surface area contributed by atoms with Crippen LogP contribution in [0.3, 0.4) is 0 Å². The van der Waals surface area contributed by atoms with Gasteiger partial charge in [-0.05, 0) is 55.5 Å². The number of amides is 1. The molecule has 0 unspecified atom stereocenters. The summed E-state index contributed by atoms with van der Waals surface area (Å²) in [5, 5.41) is 2.66. The van der Waals surface area contributed by atoms with Crippen molar-refractivity contribution in [2.24, 2.45) is 0 Å². The van der Waals surface area contributed by atoms with Crippen LogP contribution >= 0.6 is 0 Å². The van der Waals surface area contributed by atoms with Crippen LogP contribution in [0.5, 0.6) is 17.2 Å². The van der Waals surface area contributed by atoms with Crippen LogP contribution in [0.15, 0.2) is 76.5 Å². The van der Waals surface area contributed by atoms with E-state index in [-0.39, 0.29) is 34.4 Å². The van der Waals surface area contributed by atoms with E-state index in [1.54, 1.807) is 24.3 Å². The Morgan fingerprint density at radius 3 is 1.95 bits per heavy atom. The predicted octanol–water partition coefficient (Wildman–Crippen LogP) is 2.65. The molecule has 0 fully saturated rings. The van der Waals surface area contributed by atoms with Crippen molar-refractivity contribution >= 4 is 31.6 Å². The Hall–Kier alpha value is -3.81. The molecule has 0 bridgehead atoms. The Morgan fingerprint density at radius 1 is 0.800 bits per heavy atom. The van der Waals surface area contributed by atoms with Gasteiger partial charge in [-0.15, -0.1) is 0 Å². The number of aryl methyl sites for hydroxylation is 1. The third-order valence-corrected chi connectivity index (χ3v) is 9.45. The molecule has 0 aliphatic rings. The zero-order valence-corrected chi connectivity index (χ0v) is 24.6. The van der Waals surface area contributed by atoms with E-state index in [0.717, 1.165) is 14.2 Å². The third kappa shape index (κ3) is 7.23. The van der Waals surface area contributed by atoms with Gasteiger partial charge in [-0.25, -0.2) is 21.1 Å². The molecular formula is C27H33N3O8S2. The molecule has 11 nitrogen and oxygen atoms in total. The van der Waals surface area contributed by atoms with Crippen LogP contribution in [0, 0.1) is 6.92 Å². The van der Waals surface area contributed by atoms with Gasteiger partial charge < -0.3 is 19.5 Å². The minimum Gasteiger partial charge on any atom is -0.497 e. The Morgan fingerprint density at radius 2 is 1.38 bits per heavy atom. The molecule has 0 aromatic heterocycles. The van der Waals surface area contributed by atoms with E-state index in [4.69, 9.17) is 14.2 Å². The number of methoxy groups -OCH3 is 2. The number of nitrogens with one attached hydrogen (secondary N) is 1. The number of nitrogens with zero attached hydrogens (tertiary/aromatic N) is 2. The van der Waals surface area contributed by atoms with Crippen molar-refractivity contribution in [3.8, 4) is 17.2 Å². The zero-order chi connectivity index (χ0) is 29.5. The number of benzene rings is 3. The van der Waals surface area contributed by atoms with Crippen molar-refractivity contribution in [2.45, 2.75) is 16.7 Å². The van der Waals surface area contributed by atoms with Gasteiger partial charge in [0, 0.05) is 20.2 Å². The highest BCUT2D eigenvalue weighted by atomic mass is 32.2. The number of carbonyl (C=O) groups excluding carboxylic acids is 1. The fourth-order valence-corrected chi connectivity index (χ4v) is 5.92. The van der Waals surface area contributed by atoms with Crippen LogP contribution in [-0.2, 0) is 24.8 Å². The minimum atomic E-state index is -4.17. The van der Waals surface area contributed by atoms with Crippen molar-refractivity contribution in [3.63, 3.8) is 0 Å². The van der Waals surface area contributed by atoms with E-state index in [1.165, 1.54) is 70.8 Å². The van der Waals surface area contributed by atoms with Crippen LogP contribution in [0.25, 0.3) is 0 Å². The van der Waals surface area contributed by atoms with Gasteiger partial charge in [-0.3, -0.25) is 9.10 Å². The van der Waals surface area contributed by atoms with E-state index in [1.807, 2.05) is 6.92 Å². The summed E-state index contributed by atoms with van der Waals surface area (Å²) < 4.78 is 70.1. The van der Waals surface area contributed by atoms with Crippen LogP contribution in [0.1, 0.15) is 5.56 Å². The highest BCUT2D eigenvalue weighted by Crippen LogP contribution is 2.35. The maximum absolute atomic E-state index is 13.7. The van der Waals surface area contributed by atoms with E-state index in [0.29, 0.717) is 11.5 Å². The second-order valence-corrected chi connectivity index (χ2v) is 12.8. The summed E-state index contributed by atoms with van der Waals surface area (Å²) in [5.74, 6) is 0.471. The van der Waals surface area contributed by atoms with Crippen molar-refractivity contribution < 1.29 is 35.8 Å². The van der Waals surface area contributed by atoms with Crippen molar-refractivity contribution in [1.82, 2.24) is 9.62 Å². The lowest BCUT2D eigenvalue weighted by Crippen LogP contribution is -2.42. The van der Waals surface area contributed by atoms with Crippen LogP contribution in [-0.4, -0.2) is 75.1 Å². The number of ether oxygens (including phenoxy) is 3. The molecule has 0 saturated carbocycles. The van der Waals surface area contributed by atoms with Gasteiger partial charge in [0.15, 0.2) is 0 Å². The number of hydrogen-bond acceptors (Lipinski definition) is 8. The summed E-state index contributed by atoms with van der Waals surface area (Å²) in [6.07, 6.45) is 0. The molecule has 3 aromatic carbocycles. The lowest BCUT2D eigenvalue weighted by atomic mass is 10.2. The first-order valence-corrected chi connectivity index (χ1v) is 15.0. The maximum atomic E-state index is 13.7. The number of carbonyl (C=O) groups is 1. The highest BCUT2D eigenvalue weighted by Gasteiger charge is 2.30. The Balaban J connectivity index is 1.74. The van der Waals surface area contributed by atoms with Crippen LogP contribution < -0.4 is 23.8 Å². The molecule has 1 N–H and O–H groups in total. The minimum absolute atomic E-state index is 0.0128. The lowest BCUT2D eigenvalue weighted by molar-refractivity contribution is -0.119. The molecule has 3 rings (SSSR count). The molecule has 0 atom stereocenters. The average Bonchev–Trinajstić information content (AvgIpc) is 2.94. The molecule has 216 valence electrons. The molecule has 0 saturated heterocycles. The van der Waals surface area contributed by atoms with Crippen molar-refractivity contribution in [1.29, 1.82) is 0 Å². The number of rotatable bonds is 13. The van der Waals surface area contributed by atoms with Gasteiger partial charge in [0.1, 0.15) is 30.4 Å². The molecule has 0 radical (unpaired) electrons. The molecule has 3 aromatic rings. The molecular weight excluding hydrogens is 558 g/mol. The molecule has 40 heavy (non-hydrogen) atoms. The van der Waals surface area contributed by atoms with Gasteiger partial charge >= 0.3 is 0 Å². The predicted molar refractivity (Wildman–Crippen MR) is 151 cm³/mol. The zero-order valence-electron chi connectivity index (χ0n) is 22.9. The van der Waals surface area contributed by atoms with Crippen LogP contribution in [0.4, 0.5) is 5.69 Å². The standard InChI is InChI=1S/C27H33N3O8S2/c1-20-6-11-24(12-7-20)40(34,35)30(25-18-22(36-4)10-15-26(25)37-5)19-27(31)28-16-17-38-21-8-13-23(14-9-21)39(32,33)29(2)3/h6-15,18H,16-17,19H2,1-5H3,(H,28,31). The van der Waals surface area contributed by atoms with Gasteiger partial charge in [-0.2, -0.15) is 0 Å². The number of sulfonamides is 2.